The second kappa shape index (κ2) is 9.12. The van der Waals surface area contributed by atoms with E-state index in [1.807, 2.05) is 0 Å². The monoisotopic (exact) mass is 297 g/mol. The van der Waals surface area contributed by atoms with Gasteiger partial charge < -0.3 is 10.2 Å². The van der Waals surface area contributed by atoms with Gasteiger partial charge in [0.1, 0.15) is 0 Å². The zero-order valence-electron chi connectivity index (χ0n) is 15.5. The third-order valence-electron chi connectivity index (χ3n) is 5.15. The van der Waals surface area contributed by atoms with Gasteiger partial charge in [-0.3, -0.25) is 4.90 Å². The van der Waals surface area contributed by atoms with Gasteiger partial charge in [0.05, 0.1) is 0 Å². The molecule has 1 N–H and O–H groups in total. The second-order valence-corrected chi connectivity index (χ2v) is 7.85. The van der Waals surface area contributed by atoms with Gasteiger partial charge in [-0.2, -0.15) is 0 Å². The zero-order valence-corrected chi connectivity index (χ0v) is 15.5. The Morgan fingerprint density at radius 1 is 1.05 bits per heavy atom. The van der Waals surface area contributed by atoms with Gasteiger partial charge in [-0.25, -0.2) is 0 Å². The molecule has 3 nitrogen and oxygen atoms in total. The maximum absolute atomic E-state index is 3.75. The maximum atomic E-state index is 3.75. The lowest BCUT2D eigenvalue weighted by Gasteiger charge is -2.44. The molecule has 0 aliphatic carbocycles. The Bertz CT molecular complexity index is 276. The van der Waals surface area contributed by atoms with Crippen molar-refractivity contribution in [3.8, 4) is 0 Å². The predicted octanol–water partition coefficient (Wildman–Crippen LogP) is 3.06. The molecular weight excluding hydrogens is 258 g/mol. The lowest BCUT2D eigenvalue weighted by atomic mass is 9.94. The van der Waals surface area contributed by atoms with Crippen molar-refractivity contribution in [3.05, 3.63) is 0 Å². The van der Waals surface area contributed by atoms with Crippen molar-refractivity contribution in [1.29, 1.82) is 0 Å². The minimum absolute atomic E-state index is 0.665. The van der Waals surface area contributed by atoms with Gasteiger partial charge in [0, 0.05) is 31.2 Å². The largest absolute Gasteiger partial charge is 0.311 e. The van der Waals surface area contributed by atoms with Crippen molar-refractivity contribution in [3.63, 3.8) is 0 Å². The summed E-state index contributed by atoms with van der Waals surface area (Å²) >= 11 is 0. The van der Waals surface area contributed by atoms with Crippen molar-refractivity contribution < 1.29 is 0 Å². The molecule has 2 unspecified atom stereocenters. The van der Waals surface area contributed by atoms with Crippen molar-refractivity contribution in [2.24, 2.45) is 11.8 Å². The standard InChI is InChI=1S/C18H39N3/c1-14(2)17-13-21(18(12-19-17)15(3)4)11-9-8-10-20(7)16(5)6/h14-19H,8-13H2,1-7H3. The molecule has 1 heterocycles. The Morgan fingerprint density at radius 2 is 1.71 bits per heavy atom. The molecule has 1 aliphatic rings. The normalized spacial score (nSPS) is 24.7. The van der Waals surface area contributed by atoms with E-state index in [9.17, 15) is 0 Å². The van der Waals surface area contributed by atoms with Gasteiger partial charge >= 0.3 is 0 Å². The van der Waals surface area contributed by atoms with Crippen LogP contribution < -0.4 is 5.32 Å². The summed E-state index contributed by atoms with van der Waals surface area (Å²) in [5, 5.41) is 3.75. The molecule has 1 fully saturated rings. The van der Waals surface area contributed by atoms with Gasteiger partial charge in [-0.15, -0.1) is 0 Å². The van der Waals surface area contributed by atoms with Gasteiger partial charge in [0.15, 0.2) is 0 Å². The molecule has 0 aromatic heterocycles. The zero-order chi connectivity index (χ0) is 16.0. The summed E-state index contributed by atoms with van der Waals surface area (Å²) < 4.78 is 0. The summed E-state index contributed by atoms with van der Waals surface area (Å²) in [7, 11) is 2.24. The van der Waals surface area contributed by atoms with Crippen molar-refractivity contribution in [2.75, 3.05) is 33.2 Å². The fourth-order valence-corrected chi connectivity index (χ4v) is 3.15. The Kier molecular flexibility index (Phi) is 8.22. The molecule has 0 amide bonds. The van der Waals surface area contributed by atoms with Crippen LogP contribution in [0.5, 0.6) is 0 Å². The van der Waals surface area contributed by atoms with Crippen molar-refractivity contribution in [2.45, 2.75) is 72.5 Å². The highest BCUT2D eigenvalue weighted by molar-refractivity contribution is 4.88. The number of hydrogen-bond acceptors (Lipinski definition) is 3. The van der Waals surface area contributed by atoms with Crippen LogP contribution in [0.2, 0.25) is 0 Å². The SMILES string of the molecule is CC(C)C1CN(CCCCN(C)C(C)C)C(C(C)C)CN1. The third-order valence-corrected chi connectivity index (χ3v) is 5.15. The van der Waals surface area contributed by atoms with Crippen LogP contribution in [0.4, 0.5) is 0 Å². The van der Waals surface area contributed by atoms with Crippen LogP contribution in [0, 0.1) is 11.8 Å². The minimum Gasteiger partial charge on any atom is -0.311 e. The van der Waals surface area contributed by atoms with Gasteiger partial charge in [-0.1, -0.05) is 27.7 Å². The molecule has 0 aromatic carbocycles. The predicted molar refractivity (Wildman–Crippen MR) is 93.8 cm³/mol. The molecule has 0 radical (unpaired) electrons. The Balaban J connectivity index is 2.40. The molecule has 126 valence electrons. The van der Waals surface area contributed by atoms with E-state index in [4.69, 9.17) is 0 Å². The molecule has 3 heteroatoms. The smallest absolute Gasteiger partial charge is 0.0244 e. The summed E-state index contributed by atoms with van der Waals surface area (Å²) in [5.41, 5.74) is 0. The summed E-state index contributed by atoms with van der Waals surface area (Å²) in [4.78, 5) is 5.20. The summed E-state index contributed by atoms with van der Waals surface area (Å²) in [6, 6.07) is 2.04. The molecule has 1 rings (SSSR count). The van der Waals surface area contributed by atoms with E-state index in [2.05, 4.69) is 63.7 Å². The number of nitrogens with one attached hydrogen (secondary N) is 1. The third kappa shape index (κ3) is 6.25. The Morgan fingerprint density at radius 3 is 2.24 bits per heavy atom. The maximum Gasteiger partial charge on any atom is 0.0244 e. The molecule has 1 aliphatic heterocycles. The van der Waals surface area contributed by atoms with Gasteiger partial charge in [0.25, 0.3) is 0 Å². The minimum atomic E-state index is 0.665. The van der Waals surface area contributed by atoms with Crippen LogP contribution in [0.1, 0.15) is 54.4 Å². The highest BCUT2D eigenvalue weighted by Crippen LogP contribution is 2.19. The molecule has 0 bridgehead atoms. The molecule has 0 saturated carbocycles. The van der Waals surface area contributed by atoms with E-state index in [1.165, 1.54) is 32.5 Å². The fourth-order valence-electron chi connectivity index (χ4n) is 3.15. The summed E-state index contributed by atoms with van der Waals surface area (Å²) in [5.74, 6) is 1.47. The molecule has 2 atom stereocenters. The Labute approximate surface area is 133 Å². The summed E-state index contributed by atoms with van der Waals surface area (Å²) in [6.07, 6.45) is 2.64. The van der Waals surface area contributed by atoms with Crippen molar-refractivity contribution >= 4 is 0 Å². The lowest BCUT2D eigenvalue weighted by molar-refractivity contribution is 0.0825. The molecule has 0 aromatic rings. The quantitative estimate of drug-likeness (QED) is 0.695. The van der Waals surface area contributed by atoms with Crippen LogP contribution >= 0.6 is 0 Å². The number of unbranched alkanes of at least 4 members (excludes halogenated alkanes) is 1. The van der Waals surface area contributed by atoms with Crippen LogP contribution in [-0.4, -0.2) is 61.2 Å². The molecule has 21 heavy (non-hydrogen) atoms. The van der Waals surface area contributed by atoms with E-state index < -0.39 is 0 Å². The second-order valence-electron chi connectivity index (χ2n) is 7.85. The van der Waals surface area contributed by atoms with E-state index in [-0.39, 0.29) is 0 Å². The van der Waals surface area contributed by atoms with E-state index in [1.54, 1.807) is 0 Å². The van der Waals surface area contributed by atoms with Gasteiger partial charge in [-0.05, 0) is 58.7 Å². The van der Waals surface area contributed by atoms with E-state index in [0.717, 1.165) is 18.4 Å². The van der Waals surface area contributed by atoms with Gasteiger partial charge in [0.2, 0.25) is 0 Å². The van der Waals surface area contributed by atoms with E-state index >= 15 is 0 Å². The Hall–Kier alpha value is -0.120. The average Bonchev–Trinajstić information content (AvgIpc) is 2.42. The number of nitrogens with zero attached hydrogens (tertiary/aromatic N) is 2. The highest BCUT2D eigenvalue weighted by atomic mass is 15.2. The van der Waals surface area contributed by atoms with Crippen LogP contribution in [-0.2, 0) is 0 Å². The van der Waals surface area contributed by atoms with Crippen LogP contribution in [0.3, 0.4) is 0 Å². The number of rotatable bonds is 8. The first-order valence-electron chi connectivity index (χ1n) is 9.00. The first kappa shape index (κ1) is 18.9. The first-order valence-corrected chi connectivity index (χ1v) is 9.00. The van der Waals surface area contributed by atoms with Crippen LogP contribution in [0.25, 0.3) is 0 Å². The first-order chi connectivity index (χ1) is 9.82. The lowest BCUT2D eigenvalue weighted by Crippen LogP contribution is -2.59. The van der Waals surface area contributed by atoms with Crippen LogP contribution in [0.15, 0.2) is 0 Å². The van der Waals surface area contributed by atoms with Crippen molar-refractivity contribution in [1.82, 2.24) is 15.1 Å². The van der Waals surface area contributed by atoms with E-state index in [0.29, 0.717) is 18.1 Å². The fraction of sp³-hybridized carbons (Fsp3) is 1.00. The highest BCUT2D eigenvalue weighted by Gasteiger charge is 2.30. The molecule has 0 spiro atoms. The average molecular weight is 298 g/mol. The number of hydrogen-bond donors (Lipinski definition) is 1. The molecule has 1 saturated heterocycles. The number of piperazine rings is 1. The molecular formula is C18H39N3. The summed E-state index contributed by atoms with van der Waals surface area (Å²) in [6.45, 7) is 18.8. The topological polar surface area (TPSA) is 18.5 Å².